The second-order valence-corrected chi connectivity index (χ2v) is 6.18. The Balaban J connectivity index is 1.77. The maximum Gasteiger partial charge on any atom is 0.277 e. The fourth-order valence-electron chi connectivity index (χ4n) is 2.54. The van der Waals surface area contributed by atoms with Crippen molar-refractivity contribution in [3.05, 3.63) is 53.5 Å². The number of aryl methyl sites for hydroxylation is 2. The van der Waals surface area contributed by atoms with Gasteiger partial charge in [-0.1, -0.05) is 41.9 Å². The van der Waals surface area contributed by atoms with Gasteiger partial charge in [0, 0.05) is 25.2 Å². The number of aromatic nitrogens is 3. The lowest BCUT2D eigenvalue weighted by Gasteiger charge is -2.07. The first-order valence-corrected chi connectivity index (χ1v) is 8.65. The van der Waals surface area contributed by atoms with E-state index in [-0.39, 0.29) is 17.3 Å². The molecule has 0 atom stereocenters. The van der Waals surface area contributed by atoms with Gasteiger partial charge in [0.05, 0.1) is 11.9 Å². The highest BCUT2D eigenvalue weighted by Gasteiger charge is 2.20. The summed E-state index contributed by atoms with van der Waals surface area (Å²) < 4.78 is 6.69. The van der Waals surface area contributed by atoms with Crippen molar-refractivity contribution in [2.24, 2.45) is 7.05 Å². The third kappa shape index (κ3) is 4.05. The molecule has 8 heteroatoms. The van der Waals surface area contributed by atoms with Crippen LogP contribution >= 0.6 is 0 Å². The summed E-state index contributed by atoms with van der Waals surface area (Å²) in [5, 5.41) is 13.3. The molecule has 2 heterocycles. The van der Waals surface area contributed by atoms with E-state index in [4.69, 9.17) is 4.52 Å². The molecule has 0 radical (unpaired) electrons. The summed E-state index contributed by atoms with van der Waals surface area (Å²) >= 11 is 0. The minimum absolute atomic E-state index is 0.120. The fourth-order valence-corrected chi connectivity index (χ4v) is 2.54. The largest absolute Gasteiger partial charge is 0.355 e. The molecule has 2 aromatic heterocycles. The minimum atomic E-state index is -0.477. The van der Waals surface area contributed by atoms with Crippen molar-refractivity contribution in [1.29, 1.82) is 0 Å². The SMILES string of the molecule is CCCNC(=O)c1c(NC(=O)c2cc(-c3ccc(C)cc3)on2)cnn1C. The molecule has 0 saturated heterocycles. The summed E-state index contributed by atoms with van der Waals surface area (Å²) in [4.78, 5) is 24.8. The van der Waals surface area contributed by atoms with E-state index in [2.05, 4.69) is 20.9 Å². The smallest absolute Gasteiger partial charge is 0.277 e. The Labute approximate surface area is 156 Å². The van der Waals surface area contributed by atoms with E-state index in [0.717, 1.165) is 17.5 Å². The topological polar surface area (TPSA) is 102 Å². The van der Waals surface area contributed by atoms with Crippen LogP contribution in [0.15, 0.2) is 41.1 Å². The molecule has 3 rings (SSSR count). The normalized spacial score (nSPS) is 10.6. The zero-order valence-corrected chi connectivity index (χ0v) is 15.4. The maximum absolute atomic E-state index is 12.5. The van der Waals surface area contributed by atoms with Gasteiger partial charge in [0.15, 0.2) is 11.5 Å². The molecule has 0 bridgehead atoms. The number of nitrogens with one attached hydrogen (secondary N) is 2. The molecule has 2 amide bonds. The Bertz CT molecular complexity index is 956. The number of carbonyl (C=O) groups excluding carboxylic acids is 2. The van der Waals surface area contributed by atoms with E-state index in [1.165, 1.54) is 10.9 Å². The Hall–Kier alpha value is -3.42. The van der Waals surface area contributed by atoms with E-state index in [0.29, 0.717) is 18.0 Å². The summed E-state index contributed by atoms with van der Waals surface area (Å²) in [7, 11) is 1.64. The molecule has 0 aliphatic carbocycles. The van der Waals surface area contributed by atoms with Crippen LogP contribution in [0.1, 0.15) is 39.9 Å². The standard InChI is InChI=1S/C19H21N5O3/c1-4-9-20-19(26)17-15(11-21-24(17)3)22-18(25)14-10-16(27-23-14)13-7-5-12(2)6-8-13/h5-8,10-11H,4,9H2,1-3H3,(H,20,26)(H,22,25). The van der Waals surface area contributed by atoms with Gasteiger partial charge in [-0.15, -0.1) is 0 Å². The van der Waals surface area contributed by atoms with Crippen LogP contribution in [-0.2, 0) is 7.05 Å². The zero-order valence-electron chi connectivity index (χ0n) is 15.4. The number of rotatable bonds is 6. The highest BCUT2D eigenvalue weighted by molar-refractivity contribution is 6.07. The van der Waals surface area contributed by atoms with Gasteiger partial charge in [0.2, 0.25) is 0 Å². The Morgan fingerprint density at radius 2 is 1.93 bits per heavy atom. The van der Waals surface area contributed by atoms with E-state index >= 15 is 0 Å². The molecular weight excluding hydrogens is 346 g/mol. The molecule has 0 unspecified atom stereocenters. The van der Waals surface area contributed by atoms with Crippen LogP contribution in [-0.4, -0.2) is 33.3 Å². The Morgan fingerprint density at radius 3 is 2.63 bits per heavy atom. The summed E-state index contributed by atoms with van der Waals surface area (Å²) in [5.74, 6) is -0.283. The molecule has 8 nitrogen and oxygen atoms in total. The molecule has 0 spiro atoms. The second kappa shape index (κ2) is 7.86. The Kier molecular flexibility index (Phi) is 5.35. The third-order valence-corrected chi connectivity index (χ3v) is 4.02. The van der Waals surface area contributed by atoms with Gasteiger partial charge in [-0.3, -0.25) is 14.3 Å². The molecule has 0 aliphatic heterocycles. The van der Waals surface area contributed by atoms with Crippen LogP contribution in [0.25, 0.3) is 11.3 Å². The summed E-state index contributed by atoms with van der Waals surface area (Å²) in [6.45, 7) is 4.49. The average Bonchev–Trinajstić information content (AvgIpc) is 3.28. The van der Waals surface area contributed by atoms with Crippen molar-refractivity contribution in [3.8, 4) is 11.3 Å². The number of hydrogen-bond donors (Lipinski definition) is 2. The van der Waals surface area contributed by atoms with Gasteiger partial charge in [-0.2, -0.15) is 5.10 Å². The highest BCUT2D eigenvalue weighted by atomic mass is 16.5. The van der Waals surface area contributed by atoms with Crippen LogP contribution < -0.4 is 10.6 Å². The number of hydrogen-bond acceptors (Lipinski definition) is 5. The van der Waals surface area contributed by atoms with Gasteiger partial charge in [0.25, 0.3) is 11.8 Å². The lowest BCUT2D eigenvalue weighted by atomic mass is 10.1. The first-order valence-electron chi connectivity index (χ1n) is 8.65. The lowest BCUT2D eigenvalue weighted by molar-refractivity contribution is 0.0945. The predicted molar refractivity (Wildman–Crippen MR) is 100 cm³/mol. The fraction of sp³-hybridized carbons (Fsp3) is 0.263. The molecule has 0 fully saturated rings. The highest BCUT2D eigenvalue weighted by Crippen LogP contribution is 2.22. The Morgan fingerprint density at radius 1 is 1.19 bits per heavy atom. The first-order chi connectivity index (χ1) is 13.0. The van der Waals surface area contributed by atoms with Crippen LogP contribution in [0.3, 0.4) is 0 Å². The second-order valence-electron chi connectivity index (χ2n) is 6.18. The summed E-state index contributed by atoms with van der Waals surface area (Å²) in [6, 6.07) is 9.26. The number of nitrogens with zero attached hydrogens (tertiary/aromatic N) is 3. The van der Waals surface area contributed by atoms with E-state index in [1.54, 1.807) is 13.1 Å². The number of carbonyl (C=O) groups is 2. The number of anilines is 1. The van der Waals surface area contributed by atoms with Crippen molar-refractivity contribution < 1.29 is 14.1 Å². The van der Waals surface area contributed by atoms with Crippen molar-refractivity contribution in [2.45, 2.75) is 20.3 Å². The van der Waals surface area contributed by atoms with E-state index < -0.39 is 5.91 Å². The average molecular weight is 367 g/mol. The predicted octanol–water partition coefficient (Wildman–Crippen LogP) is 2.78. The van der Waals surface area contributed by atoms with Crippen LogP contribution in [0.5, 0.6) is 0 Å². The lowest BCUT2D eigenvalue weighted by Crippen LogP contribution is -2.27. The van der Waals surface area contributed by atoms with Crippen molar-refractivity contribution in [3.63, 3.8) is 0 Å². The van der Waals surface area contributed by atoms with Gasteiger partial charge in [-0.05, 0) is 13.3 Å². The quantitative estimate of drug-likeness (QED) is 0.697. The third-order valence-electron chi connectivity index (χ3n) is 4.02. The van der Waals surface area contributed by atoms with Gasteiger partial charge < -0.3 is 15.2 Å². The van der Waals surface area contributed by atoms with Gasteiger partial charge >= 0.3 is 0 Å². The molecule has 27 heavy (non-hydrogen) atoms. The van der Waals surface area contributed by atoms with Gasteiger partial charge in [-0.25, -0.2) is 0 Å². The molecular formula is C19H21N5O3. The summed E-state index contributed by atoms with van der Waals surface area (Å²) in [6.07, 6.45) is 2.24. The molecule has 140 valence electrons. The van der Waals surface area contributed by atoms with Crippen molar-refractivity contribution >= 4 is 17.5 Å². The maximum atomic E-state index is 12.5. The van der Waals surface area contributed by atoms with Crippen molar-refractivity contribution in [2.75, 3.05) is 11.9 Å². The van der Waals surface area contributed by atoms with Crippen LogP contribution in [0.2, 0.25) is 0 Å². The van der Waals surface area contributed by atoms with Gasteiger partial charge in [0.1, 0.15) is 5.69 Å². The van der Waals surface area contributed by atoms with Crippen molar-refractivity contribution in [1.82, 2.24) is 20.3 Å². The molecule has 0 saturated carbocycles. The zero-order chi connectivity index (χ0) is 19.4. The number of benzene rings is 1. The molecule has 2 N–H and O–H groups in total. The van der Waals surface area contributed by atoms with E-state index in [1.807, 2.05) is 38.1 Å². The first kappa shape index (κ1) is 18.4. The monoisotopic (exact) mass is 367 g/mol. The molecule has 3 aromatic rings. The molecule has 0 aliphatic rings. The minimum Gasteiger partial charge on any atom is -0.355 e. The summed E-state index contributed by atoms with van der Waals surface area (Å²) in [5.41, 5.74) is 2.67. The molecule has 1 aromatic carbocycles. The van der Waals surface area contributed by atoms with E-state index in [9.17, 15) is 9.59 Å². The van der Waals surface area contributed by atoms with Crippen LogP contribution in [0.4, 0.5) is 5.69 Å². The number of amides is 2. The van der Waals surface area contributed by atoms with Crippen LogP contribution in [0, 0.1) is 6.92 Å².